The quantitative estimate of drug-likeness (QED) is 0.768. The molecule has 1 aromatic rings. The van der Waals surface area contributed by atoms with Gasteiger partial charge in [0, 0.05) is 36.3 Å². The third kappa shape index (κ3) is 2.47. The van der Waals surface area contributed by atoms with Gasteiger partial charge in [-0.1, -0.05) is 6.07 Å². The smallest absolute Gasteiger partial charge is 0.136 e. The summed E-state index contributed by atoms with van der Waals surface area (Å²) in [5, 5.41) is 2.11. The lowest BCUT2D eigenvalue weighted by Crippen LogP contribution is -2.49. The fourth-order valence-electron chi connectivity index (χ4n) is 2.13. The lowest BCUT2D eigenvalue weighted by Gasteiger charge is -2.41. The van der Waals surface area contributed by atoms with Gasteiger partial charge < -0.3 is 0 Å². The summed E-state index contributed by atoms with van der Waals surface area (Å²) in [7, 11) is 0. The van der Waals surface area contributed by atoms with Crippen LogP contribution in [0.4, 0.5) is 0 Å². The normalized spacial score (nSPS) is 21.9. The monoisotopic (exact) mass is 223 g/mol. The van der Waals surface area contributed by atoms with Gasteiger partial charge in [0.05, 0.1) is 0 Å². The van der Waals surface area contributed by atoms with E-state index in [1.54, 1.807) is 11.3 Å². The molecule has 0 radical (unpaired) electrons. The van der Waals surface area contributed by atoms with Crippen molar-refractivity contribution in [3.05, 3.63) is 22.4 Å². The maximum absolute atomic E-state index is 11.4. The number of rotatable bonds is 2. The van der Waals surface area contributed by atoms with Crippen LogP contribution in [-0.2, 0) is 11.3 Å². The molecule has 2 heterocycles. The first-order valence-corrected chi connectivity index (χ1v) is 6.25. The Labute approximate surface area is 94.9 Å². The number of hydrogen-bond acceptors (Lipinski definition) is 3. The van der Waals surface area contributed by atoms with Crippen molar-refractivity contribution in [1.29, 1.82) is 0 Å². The fourth-order valence-corrected chi connectivity index (χ4v) is 2.85. The Balaban J connectivity index is 2.06. The van der Waals surface area contributed by atoms with Gasteiger partial charge in [-0.25, -0.2) is 0 Å². The zero-order valence-electron chi connectivity index (χ0n) is 9.32. The molecule has 1 saturated heterocycles. The van der Waals surface area contributed by atoms with Gasteiger partial charge in [-0.3, -0.25) is 9.69 Å². The van der Waals surface area contributed by atoms with Crippen LogP contribution in [0.2, 0.25) is 0 Å². The Bertz CT molecular complexity index is 343. The molecule has 1 aliphatic rings. The van der Waals surface area contributed by atoms with Crippen molar-refractivity contribution >= 4 is 17.1 Å². The zero-order chi connectivity index (χ0) is 10.9. The predicted octanol–water partition coefficient (Wildman–Crippen LogP) is 2.69. The highest BCUT2D eigenvalue weighted by atomic mass is 32.1. The summed E-state index contributed by atoms with van der Waals surface area (Å²) in [5.41, 5.74) is 0.0271. The second-order valence-electron chi connectivity index (χ2n) is 4.78. The van der Waals surface area contributed by atoms with E-state index in [0.29, 0.717) is 12.2 Å². The molecule has 0 bridgehead atoms. The minimum Gasteiger partial charge on any atom is -0.300 e. The molecule has 1 fully saturated rings. The van der Waals surface area contributed by atoms with E-state index in [-0.39, 0.29) is 5.54 Å². The molecule has 2 nitrogen and oxygen atoms in total. The van der Waals surface area contributed by atoms with Gasteiger partial charge in [-0.05, 0) is 25.3 Å². The van der Waals surface area contributed by atoms with Crippen LogP contribution in [0.5, 0.6) is 0 Å². The van der Waals surface area contributed by atoms with E-state index >= 15 is 0 Å². The van der Waals surface area contributed by atoms with Crippen LogP contribution in [-0.4, -0.2) is 22.8 Å². The number of piperidine rings is 1. The second-order valence-corrected chi connectivity index (χ2v) is 5.81. The van der Waals surface area contributed by atoms with E-state index in [9.17, 15) is 4.79 Å². The third-order valence-corrected chi connectivity index (χ3v) is 3.93. The number of ketones is 1. The van der Waals surface area contributed by atoms with Crippen LogP contribution in [0.15, 0.2) is 17.5 Å². The average Bonchev–Trinajstić information content (AvgIpc) is 2.61. The zero-order valence-corrected chi connectivity index (χ0v) is 10.1. The summed E-state index contributed by atoms with van der Waals surface area (Å²) in [6.07, 6.45) is 1.41. The second kappa shape index (κ2) is 4.06. The van der Waals surface area contributed by atoms with Crippen LogP contribution < -0.4 is 0 Å². The van der Waals surface area contributed by atoms with Gasteiger partial charge in [0.15, 0.2) is 0 Å². The lowest BCUT2D eigenvalue weighted by molar-refractivity contribution is -0.125. The number of carbonyl (C=O) groups excluding carboxylic acids is 1. The molecule has 82 valence electrons. The van der Waals surface area contributed by atoms with Crippen LogP contribution in [0.1, 0.15) is 31.6 Å². The molecule has 0 unspecified atom stereocenters. The van der Waals surface area contributed by atoms with Crippen molar-refractivity contribution < 1.29 is 4.79 Å². The van der Waals surface area contributed by atoms with E-state index < -0.39 is 0 Å². The fraction of sp³-hybridized carbons (Fsp3) is 0.583. The Morgan fingerprint density at radius 2 is 2.33 bits per heavy atom. The van der Waals surface area contributed by atoms with Gasteiger partial charge in [-0.15, -0.1) is 11.3 Å². The van der Waals surface area contributed by atoms with Crippen LogP contribution in [0, 0.1) is 0 Å². The molecule has 3 heteroatoms. The summed E-state index contributed by atoms with van der Waals surface area (Å²) in [4.78, 5) is 15.2. The van der Waals surface area contributed by atoms with Crippen molar-refractivity contribution in [2.45, 2.75) is 38.8 Å². The van der Waals surface area contributed by atoms with Crippen LogP contribution in [0.25, 0.3) is 0 Å². The molecule has 0 aromatic carbocycles. The van der Waals surface area contributed by atoms with Crippen LogP contribution in [0.3, 0.4) is 0 Å². The molecule has 15 heavy (non-hydrogen) atoms. The standard InChI is InChI=1S/C12H17NOS/c1-12(2)8-10(14)5-6-13(12)9-11-4-3-7-15-11/h3-4,7H,5-6,8-9H2,1-2H3. The summed E-state index contributed by atoms with van der Waals surface area (Å²) in [5.74, 6) is 0.405. The summed E-state index contributed by atoms with van der Waals surface area (Å²) < 4.78 is 0. The van der Waals surface area contributed by atoms with E-state index in [1.807, 2.05) is 0 Å². The Kier molecular flexibility index (Phi) is 2.94. The van der Waals surface area contributed by atoms with Crippen molar-refractivity contribution in [2.75, 3.05) is 6.54 Å². The molecule has 0 saturated carbocycles. The number of nitrogens with zero attached hydrogens (tertiary/aromatic N) is 1. The molecular formula is C12H17NOS. The number of Topliss-reactive ketones (excluding diaryl/α,β-unsaturated/α-hetero) is 1. The summed E-state index contributed by atoms with van der Waals surface area (Å²) >= 11 is 1.79. The van der Waals surface area contributed by atoms with E-state index in [1.165, 1.54) is 4.88 Å². The Morgan fingerprint density at radius 1 is 1.53 bits per heavy atom. The van der Waals surface area contributed by atoms with Gasteiger partial charge in [0.2, 0.25) is 0 Å². The topological polar surface area (TPSA) is 20.3 Å². The average molecular weight is 223 g/mol. The number of likely N-dealkylation sites (tertiary alicyclic amines) is 1. The number of hydrogen-bond donors (Lipinski definition) is 0. The van der Waals surface area contributed by atoms with Crippen LogP contribution >= 0.6 is 11.3 Å². The van der Waals surface area contributed by atoms with Gasteiger partial charge in [-0.2, -0.15) is 0 Å². The highest BCUT2D eigenvalue weighted by Crippen LogP contribution is 2.27. The molecule has 1 aromatic heterocycles. The Hall–Kier alpha value is -0.670. The van der Waals surface area contributed by atoms with Gasteiger partial charge in [0.25, 0.3) is 0 Å². The maximum Gasteiger partial charge on any atom is 0.136 e. The lowest BCUT2D eigenvalue weighted by atomic mass is 9.89. The van der Waals surface area contributed by atoms with Crippen molar-refractivity contribution in [1.82, 2.24) is 4.90 Å². The maximum atomic E-state index is 11.4. The van der Waals surface area contributed by atoms with Crippen molar-refractivity contribution in [3.63, 3.8) is 0 Å². The van der Waals surface area contributed by atoms with E-state index in [0.717, 1.165) is 19.5 Å². The SMILES string of the molecule is CC1(C)CC(=O)CCN1Cc1cccs1. The minimum absolute atomic E-state index is 0.0271. The number of thiophene rings is 1. The molecule has 0 spiro atoms. The first-order valence-electron chi connectivity index (χ1n) is 5.37. The highest BCUT2D eigenvalue weighted by Gasteiger charge is 2.33. The summed E-state index contributed by atoms with van der Waals surface area (Å²) in [6, 6.07) is 4.25. The molecule has 0 atom stereocenters. The molecular weight excluding hydrogens is 206 g/mol. The predicted molar refractivity (Wildman–Crippen MR) is 63.0 cm³/mol. The highest BCUT2D eigenvalue weighted by molar-refractivity contribution is 7.09. The molecule has 0 aliphatic carbocycles. The third-order valence-electron chi connectivity index (χ3n) is 3.07. The van der Waals surface area contributed by atoms with Gasteiger partial charge in [0.1, 0.15) is 5.78 Å². The van der Waals surface area contributed by atoms with E-state index in [4.69, 9.17) is 0 Å². The van der Waals surface area contributed by atoms with E-state index in [2.05, 4.69) is 36.3 Å². The first-order chi connectivity index (χ1) is 7.08. The van der Waals surface area contributed by atoms with Crippen molar-refractivity contribution in [2.24, 2.45) is 0 Å². The molecule has 0 amide bonds. The van der Waals surface area contributed by atoms with Crippen molar-refractivity contribution in [3.8, 4) is 0 Å². The Morgan fingerprint density at radius 3 is 2.93 bits per heavy atom. The molecule has 1 aliphatic heterocycles. The minimum atomic E-state index is 0.0271. The summed E-state index contributed by atoms with van der Waals surface area (Å²) in [6.45, 7) is 6.22. The molecule has 2 rings (SSSR count). The number of carbonyl (C=O) groups is 1. The molecule has 0 N–H and O–H groups in total. The first kappa shape index (κ1) is 10.8. The van der Waals surface area contributed by atoms with Gasteiger partial charge >= 0.3 is 0 Å². The largest absolute Gasteiger partial charge is 0.300 e.